The molecule has 0 saturated heterocycles. The molecule has 0 aliphatic rings. The number of pyridine rings is 1. The Balaban J connectivity index is 1.96. The van der Waals surface area contributed by atoms with Crippen molar-refractivity contribution in [2.24, 2.45) is 0 Å². The number of aryl methyl sites for hydroxylation is 1. The van der Waals surface area contributed by atoms with Crippen LogP contribution in [0, 0.1) is 5.82 Å². The molecule has 0 spiro atoms. The molecule has 6 heteroatoms. The van der Waals surface area contributed by atoms with Gasteiger partial charge in [0.2, 0.25) is 0 Å². The Hall–Kier alpha value is -1.82. The Morgan fingerprint density at radius 1 is 1.44 bits per heavy atom. The molecule has 0 atom stereocenters. The highest BCUT2D eigenvalue weighted by Crippen LogP contribution is 2.15. The fraction of sp³-hybridized carbons (Fsp3) is 0.250. The normalized spacial score (nSPS) is 10.3. The lowest BCUT2D eigenvalue weighted by atomic mass is 10.3. The largest absolute Gasteiger partial charge is 0.455 e. The molecule has 2 aromatic rings. The second kappa shape index (κ2) is 5.68. The predicted octanol–water partition coefficient (Wildman–Crippen LogP) is 2.60. The highest BCUT2D eigenvalue weighted by Gasteiger charge is 2.10. The van der Waals surface area contributed by atoms with Crippen LogP contribution in [0.5, 0.6) is 0 Å². The van der Waals surface area contributed by atoms with Gasteiger partial charge in [-0.1, -0.05) is 6.92 Å². The van der Waals surface area contributed by atoms with Gasteiger partial charge in [0.25, 0.3) is 0 Å². The van der Waals surface area contributed by atoms with E-state index in [9.17, 15) is 9.18 Å². The molecule has 0 saturated carbocycles. The van der Waals surface area contributed by atoms with Gasteiger partial charge in [-0.15, -0.1) is 11.3 Å². The molecular formula is C12H11FN2O2S. The average molecular weight is 266 g/mol. The fourth-order valence-electron chi connectivity index (χ4n) is 1.31. The molecule has 0 amide bonds. The fourth-order valence-corrected chi connectivity index (χ4v) is 2.09. The van der Waals surface area contributed by atoms with Crippen LogP contribution in [0.3, 0.4) is 0 Å². The van der Waals surface area contributed by atoms with Crippen LogP contribution in [0.25, 0.3) is 0 Å². The van der Waals surface area contributed by atoms with Crippen LogP contribution in [-0.4, -0.2) is 15.9 Å². The first-order valence-corrected chi connectivity index (χ1v) is 6.22. The lowest BCUT2D eigenvalue weighted by Crippen LogP contribution is -2.05. The first kappa shape index (κ1) is 12.6. The van der Waals surface area contributed by atoms with E-state index in [1.54, 1.807) is 6.20 Å². The maximum atomic E-state index is 12.9. The number of hydrogen-bond acceptors (Lipinski definition) is 5. The first-order valence-electron chi connectivity index (χ1n) is 5.40. The van der Waals surface area contributed by atoms with E-state index in [0.29, 0.717) is 0 Å². The van der Waals surface area contributed by atoms with Gasteiger partial charge in [-0.05, 0) is 12.5 Å². The number of thiazole rings is 1. The summed E-state index contributed by atoms with van der Waals surface area (Å²) in [6.07, 6.45) is 4.97. The minimum atomic E-state index is -0.602. The van der Waals surface area contributed by atoms with Crippen molar-refractivity contribution in [1.29, 1.82) is 0 Å². The zero-order chi connectivity index (χ0) is 13.0. The highest BCUT2D eigenvalue weighted by atomic mass is 32.1. The summed E-state index contributed by atoms with van der Waals surface area (Å²) in [4.78, 5) is 20.4. The van der Waals surface area contributed by atoms with E-state index >= 15 is 0 Å². The third-order valence-electron chi connectivity index (χ3n) is 2.22. The third-order valence-corrected chi connectivity index (χ3v) is 3.33. The van der Waals surface area contributed by atoms with Crippen LogP contribution in [-0.2, 0) is 17.8 Å². The van der Waals surface area contributed by atoms with Crippen LogP contribution in [0.15, 0.2) is 24.7 Å². The van der Waals surface area contributed by atoms with Crippen LogP contribution in [0.4, 0.5) is 4.39 Å². The molecule has 2 heterocycles. The molecule has 94 valence electrons. The quantitative estimate of drug-likeness (QED) is 0.798. The van der Waals surface area contributed by atoms with Gasteiger partial charge in [0, 0.05) is 17.3 Å². The van der Waals surface area contributed by atoms with Gasteiger partial charge in [0.05, 0.1) is 11.8 Å². The number of carbonyl (C=O) groups is 1. The maximum Gasteiger partial charge on any atom is 0.340 e. The molecule has 18 heavy (non-hydrogen) atoms. The zero-order valence-corrected chi connectivity index (χ0v) is 10.5. The van der Waals surface area contributed by atoms with Crippen molar-refractivity contribution in [1.82, 2.24) is 9.97 Å². The van der Waals surface area contributed by atoms with Gasteiger partial charge in [-0.2, -0.15) is 0 Å². The molecule has 0 fully saturated rings. The number of carbonyl (C=O) groups excluding carboxylic acids is 1. The molecule has 0 aliphatic heterocycles. The molecule has 4 nitrogen and oxygen atoms in total. The lowest BCUT2D eigenvalue weighted by Gasteiger charge is -2.01. The molecule has 0 aromatic carbocycles. The summed E-state index contributed by atoms with van der Waals surface area (Å²) in [5.74, 6) is -1.16. The van der Waals surface area contributed by atoms with E-state index in [1.165, 1.54) is 17.5 Å². The summed E-state index contributed by atoms with van der Waals surface area (Å²) in [5, 5.41) is 0.726. The maximum absolute atomic E-state index is 12.9. The van der Waals surface area contributed by atoms with E-state index in [-0.39, 0.29) is 12.2 Å². The summed E-state index contributed by atoms with van der Waals surface area (Å²) in [6.45, 7) is 2.13. The standard InChI is InChI=1S/C12H11FN2O2S/c1-2-10-6-15-11(18-10)7-17-12(16)8-3-9(13)5-14-4-8/h3-6H,2,7H2,1H3. The summed E-state index contributed by atoms with van der Waals surface area (Å²) in [5.41, 5.74) is 0.0993. The van der Waals surface area contributed by atoms with Gasteiger partial charge >= 0.3 is 5.97 Å². The van der Waals surface area contributed by atoms with Gasteiger partial charge < -0.3 is 4.74 Å². The Labute approximate surface area is 107 Å². The van der Waals surface area contributed by atoms with Crippen molar-refractivity contribution in [2.75, 3.05) is 0 Å². The number of rotatable bonds is 4. The molecule has 0 unspecified atom stereocenters. The SMILES string of the molecule is CCc1cnc(COC(=O)c2cncc(F)c2)s1. The van der Waals surface area contributed by atoms with Gasteiger partial charge in [-0.3, -0.25) is 4.98 Å². The lowest BCUT2D eigenvalue weighted by molar-refractivity contribution is 0.0471. The van der Waals surface area contributed by atoms with Crippen molar-refractivity contribution in [2.45, 2.75) is 20.0 Å². The van der Waals surface area contributed by atoms with Crippen LogP contribution < -0.4 is 0 Å². The number of aromatic nitrogens is 2. The number of halogens is 1. The third kappa shape index (κ3) is 3.10. The molecular weight excluding hydrogens is 255 g/mol. The van der Waals surface area contributed by atoms with E-state index in [0.717, 1.165) is 28.6 Å². The van der Waals surface area contributed by atoms with E-state index in [2.05, 4.69) is 9.97 Å². The second-order valence-corrected chi connectivity index (χ2v) is 4.74. The molecule has 0 N–H and O–H groups in total. The predicted molar refractivity (Wildman–Crippen MR) is 64.8 cm³/mol. The van der Waals surface area contributed by atoms with Gasteiger partial charge in [0.15, 0.2) is 0 Å². The van der Waals surface area contributed by atoms with Crippen LogP contribution in [0.1, 0.15) is 27.2 Å². The second-order valence-electron chi connectivity index (χ2n) is 3.54. The summed E-state index contributed by atoms with van der Waals surface area (Å²) in [7, 11) is 0. The van der Waals surface area contributed by atoms with Gasteiger partial charge in [-0.25, -0.2) is 14.2 Å². The van der Waals surface area contributed by atoms with E-state index < -0.39 is 11.8 Å². The number of esters is 1. The van der Waals surface area contributed by atoms with Crippen molar-refractivity contribution in [3.63, 3.8) is 0 Å². The molecule has 0 aliphatic carbocycles. The Morgan fingerprint density at radius 3 is 2.94 bits per heavy atom. The van der Waals surface area contributed by atoms with Crippen molar-refractivity contribution in [3.8, 4) is 0 Å². The van der Waals surface area contributed by atoms with Crippen LogP contribution >= 0.6 is 11.3 Å². The minimum Gasteiger partial charge on any atom is -0.455 e. The Kier molecular flexibility index (Phi) is 3.99. The zero-order valence-electron chi connectivity index (χ0n) is 9.72. The smallest absolute Gasteiger partial charge is 0.340 e. The number of nitrogens with zero attached hydrogens (tertiary/aromatic N) is 2. The van der Waals surface area contributed by atoms with Crippen molar-refractivity contribution >= 4 is 17.3 Å². The van der Waals surface area contributed by atoms with Gasteiger partial charge in [0.1, 0.15) is 17.4 Å². The number of hydrogen-bond donors (Lipinski definition) is 0. The van der Waals surface area contributed by atoms with E-state index in [4.69, 9.17) is 4.74 Å². The topological polar surface area (TPSA) is 52.1 Å². The average Bonchev–Trinajstić information content (AvgIpc) is 2.84. The Bertz CT molecular complexity index is 557. The number of ether oxygens (including phenoxy) is 1. The minimum absolute atomic E-state index is 0.0972. The van der Waals surface area contributed by atoms with E-state index in [1.807, 2.05) is 6.92 Å². The summed E-state index contributed by atoms with van der Waals surface area (Å²) in [6, 6.07) is 1.09. The first-order chi connectivity index (χ1) is 8.69. The summed E-state index contributed by atoms with van der Waals surface area (Å²) < 4.78 is 17.9. The molecule has 0 radical (unpaired) electrons. The molecule has 2 aromatic heterocycles. The molecule has 0 bridgehead atoms. The molecule has 2 rings (SSSR count). The van der Waals surface area contributed by atoms with Crippen LogP contribution in [0.2, 0.25) is 0 Å². The monoisotopic (exact) mass is 266 g/mol. The van der Waals surface area contributed by atoms with Crippen molar-refractivity contribution in [3.05, 3.63) is 45.9 Å². The summed E-state index contributed by atoms with van der Waals surface area (Å²) >= 11 is 1.50. The van der Waals surface area contributed by atoms with Crippen molar-refractivity contribution < 1.29 is 13.9 Å². The Morgan fingerprint density at radius 2 is 2.28 bits per heavy atom. The highest BCUT2D eigenvalue weighted by molar-refractivity contribution is 7.11.